The molecule has 1 aliphatic heterocycles. The van der Waals surface area contributed by atoms with Gasteiger partial charge in [0, 0.05) is 17.5 Å². The predicted molar refractivity (Wildman–Crippen MR) is 126 cm³/mol. The Bertz CT molecular complexity index is 1040. The molecule has 9 heteroatoms. The lowest BCUT2D eigenvalue weighted by Crippen LogP contribution is -2.37. The first-order valence-electron chi connectivity index (χ1n) is 12.4. The molecular weight excluding hydrogens is 498 g/mol. The second kappa shape index (κ2) is 11.5. The third-order valence-electron chi connectivity index (χ3n) is 7.13. The fourth-order valence-corrected chi connectivity index (χ4v) is 4.97. The number of halogens is 6. The number of ether oxygens (including phenoxy) is 3. The Morgan fingerprint density at radius 2 is 1.51 bits per heavy atom. The van der Waals surface area contributed by atoms with Crippen molar-refractivity contribution in [2.24, 2.45) is 11.8 Å². The standard InChI is InChI=1S/C28H30F6O3/c1-2-3-4-18-16-35-26(36-17-18)21-7-5-19(6-8-21)20-9-11-22(12-10-20)28(33,34)37-23-13-14-24(25(29)15-23)27(30,31)32/h2,5-8,13-15,18,20,22,26H,1,3-4,9-12,16-17H2. The molecule has 37 heavy (non-hydrogen) atoms. The second-order valence-electron chi connectivity index (χ2n) is 9.75. The topological polar surface area (TPSA) is 27.7 Å². The van der Waals surface area contributed by atoms with E-state index in [2.05, 4.69) is 11.3 Å². The van der Waals surface area contributed by atoms with Crippen LogP contribution in [0.4, 0.5) is 26.3 Å². The number of hydrogen-bond donors (Lipinski definition) is 0. The lowest BCUT2D eigenvalue weighted by Gasteiger charge is -2.33. The molecular formula is C28H30F6O3. The third kappa shape index (κ3) is 6.87. The van der Waals surface area contributed by atoms with Crippen molar-refractivity contribution in [1.82, 2.24) is 0 Å². The first kappa shape index (κ1) is 27.5. The van der Waals surface area contributed by atoms with Gasteiger partial charge in [-0.05, 0) is 62.1 Å². The molecule has 1 saturated heterocycles. The first-order valence-corrected chi connectivity index (χ1v) is 12.4. The van der Waals surface area contributed by atoms with Gasteiger partial charge in [-0.1, -0.05) is 30.3 Å². The van der Waals surface area contributed by atoms with Crippen LogP contribution >= 0.6 is 0 Å². The van der Waals surface area contributed by atoms with Crippen LogP contribution in [-0.4, -0.2) is 19.3 Å². The first-order chi connectivity index (χ1) is 17.6. The van der Waals surface area contributed by atoms with E-state index < -0.39 is 41.6 Å². The Morgan fingerprint density at radius 1 is 0.892 bits per heavy atom. The quantitative estimate of drug-likeness (QED) is 0.254. The van der Waals surface area contributed by atoms with Crippen LogP contribution in [-0.2, 0) is 15.7 Å². The van der Waals surface area contributed by atoms with Gasteiger partial charge in [0.25, 0.3) is 0 Å². The summed E-state index contributed by atoms with van der Waals surface area (Å²) >= 11 is 0. The van der Waals surface area contributed by atoms with Crippen molar-refractivity contribution in [3.05, 3.63) is 77.6 Å². The Labute approximate surface area is 212 Å². The van der Waals surface area contributed by atoms with Gasteiger partial charge in [0.2, 0.25) is 0 Å². The van der Waals surface area contributed by atoms with Crippen LogP contribution in [0.1, 0.15) is 67.4 Å². The largest absolute Gasteiger partial charge is 0.432 e. The van der Waals surface area contributed by atoms with Crippen LogP contribution in [0.3, 0.4) is 0 Å². The highest BCUT2D eigenvalue weighted by Crippen LogP contribution is 2.44. The summed E-state index contributed by atoms with van der Waals surface area (Å²) in [5, 5.41) is 0. The minimum Gasteiger partial charge on any atom is -0.432 e. The number of allylic oxidation sites excluding steroid dienone is 1. The summed E-state index contributed by atoms with van der Waals surface area (Å²) in [4.78, 5) is 0. The summed E-state index contributed by atoms with van der Waals surface area (Å²) < 4.78 is 97.8. The van der Waals surface area contributed by atoms with Gasteiger partial charge in [-0.2, -0.15) is 22.0 Å². The monoisotopic (exact) mass is 528 g/mol. The summed E-state index contributed by atoms with van der Waals surface area (Å²) in [6, 6.07) is 9.29. The molecule has 1 saturated carbocycles. The van der Waals surface area contributed by atoms with Crippen LogP contribution in [0.25, 0.3) is 0 Å². The SMILES string of the molecule is C=CCCC1COC(c2ccc(C3CCC(C(F)(F)Oc4ccc(C(F)(F)F)c(F)c4)CC3)cc2)OC1. The van der Waals surface area contributed by atoms with E-state index in [0.717, 1.165) is 24.0 Å². The van der Waals surface area contributed by atoms with Crippen LogP contribution < -0.4 is 4.74 Å². The number of benzene rings is 2. The Balaban J connectivity index is 1.29. The minimum absolute atomic E-state index is 0.0982. The number of hydrogen-bond acceptors (Lipinski definition) is 3. The Kier molecular flexibility index (Phi) is 8.53. The molecule has 0 unspecified atom stereocenters. The molecule has 0 bridgehead atoms. The van der Waals surface area contributed by atoms with Crippen molar-refractivity contribution in [1.29, 1.82) is 0 Å². The third-order valence-corrected chi connectivity index (χ3v) is 7.13. The number of alkyl halides is 5. The summed E-state index contributed by atoms with van der Waals surface area (Å²) in [6.45, 7) is 4.98. The Morgan fingerprint density at radius 3 is 2.08 bits per heavy atom. The van der Waals surface area contributed by atoms with E-state index in [4.69, 9.17) is 9.47 Å². The van der Waals surface area contributed by atoms with Crippen molar-refractivity contribution in [2.45, 2.75) is 63.0 Å². The molecule has 3 nitrogen and oxygen atoms in total. The van der Waals surface area contributed by atoms with Crippen LogP contribution in [0.15, 0.2) is 55.1 Å². The van der Waals surface area contributed by atoms with E-state index in [1.807, 2.05) is 30.3 Å². The van der Waals surface area contributed by atoms with Gasteiger partial charge >= 0.3 is 12.3 Å². The van der Waals surface area contributed by atoms with E-state index >= 15 is 0 Å². The molecule has 2 aromatic rings. The van der Waals surface area contributed by atoms with E-state index in [9.17, 15) is 26.3 Å². The van der Waals surface area contributed by atoms with Gasteiger partial charge in [0.15, 0.2) is 6.29 Å². The smallest absolute Gasteiger partial charge is 0.419 e. The molecule has 0 aromatic heterocycles. The molecule has 1 heterocycles. The molecule has 2 fully saturated rings. The molecule has 202 valence electrons. The van der Waals surface area contributed by atoms with E-state index in [-0.39, 0.29) is 18.8 Å². The average Bonchev–Trinajstić information content (AvgIpc) is 2.87. The normalized spacial score (nSPS) is 25.0. The Hall–Kier alpha value is -2.52. The van der Waals surface area contributed by atoms with Crippen molar-refractivity contribution in [3.8, 4) is 5.75 Å². The zero-order valence-corrected chi connectivity index (χ0v) is 20.3. The van der Waals surface area contributed by atoms with Crippen molar-refractivity contribution in [3.63, 3.8) is 0 Å². The summed E-state index contributed by atoms with van der Waals surface area (Å²) in [5.41, 5.74) is 0.420. The summed E-state index contributed by atoms with van der Waals surface area (Å²) in [6.07, 6.45) is -3.83. The van der Waals surface area contributed by atoms with Crippen LogP contribution in [0.5, 0.6) is 5.75 Å². The molecule has 2 aliphatic rings. The predicted octanol–water partition coefficient (Wildman–Crippen LogP) is 8.42. The van der Waals surface area contributed by atoms with Crippen LogP contribution in [0, 0.1) is 17.7 Å². The maximum atomic E-state index is 14.7. The fraction of sp³-hybridized carbons (Fsp3) is 0.500. The lowest BCUT2D eigenvalue weighted by molar-refractivity contribution is -0.222. The average molecular weight is 529 g/mol. The number of rotatable bonds is 8. The van der Waals surface area contributed by atoms with E-state index in [1.54, 1.807) is 0 Å². The molecule has 0 atom stereocenters. The van der Waals surface area contributed by atoms with E-state index in [0.29, 0.717) is 50.2 Å². The maximum absolute atomic E-state index is 14.7. The van der Waals surface area contributed by atoms with Gasteiger partial charge in [0.05, 0.1) is 24.7 Å². The van der Waals surface area contributed by atoms with Crippen LogP contribution in [0.2, 0.25) is 0 Å². The molecule has 0 spiro atoms. The van der Waals surface area contributed by atoms with Crippen molar-refractivity contribution < 1.29 is 40.6 Å². The van der Waals surface area contributed by atoms with Gasteiger partial charge in [-0.15, -0.1) is 6.58 Å². The second-order valence-corrected chi connectivity index (χ2v) is 9.75. The van der Waals surface area contributed by atoms with Crippen molar-refractivity contribution >= 4 is 0 Å². The molecule has 0 N–H and O–H groups in total. The van der Waals surface area contributed by atoms with Gasteiger partial charge in [-0.3, -0.25) is 0 Å². The minimum atomic E-state index is -4.91. The molecule has 1 aliphatic carbocycles. The lowest BCUT2D eigenvalue weighted by atomic mass is 9.78. The maximum Gasteiger partial charge on any atom is 0.419 e. The van der Waals surface area contributed by atoms with Crippen molar-refractivity contribution in [2.75, 3.05) is 13.2 Å². The zero-order chi connectivity index (χ0) is 26.6. The molecule has 4 rings (SSSR count). The van der Waals surface area contributed by atoms with Gasteiger partial charge in [-0.25, -0.2) is 4.39 Å². The fourth-order valence-electron chi connectivity index (χ4n) is 4.97. The molecule has 0 amide bonds. The van der Waals surface area contributed by atoms with Gasteiger partial charge < -0.3 is 14.2 Å². The highest BCUT2D eigenvalue weighted by molar-refractivity contribution is 5.31. The highest BCUT2D eigenvalue weighted by atomic mass is 19.4. The highest BCUT2D eigenvalue weighted by Gasteiger charge is 2.44. The summed E-state index contributed by atoms with van der Waals surface area (Å²) in [5.74, 6) is -2.95. The van der Waals surface area contributed by atoms with Gasteiger partial charge in [0.1, 0.15) is 11.6 Å². The summed E-state index contributed by atoms with van der Waals surface area (Å²) in [7, 11) is 0. The van der Waals surface area contributed by atoms with E-state index in [1.165, 1.54) is 0 Å². The molecule has 2 aromatic carbocycles. The zero-order valence-electron chi connectivity index (χ0n) is 20.3. The molecule has 0 radical (unpaired) electrons.